The van der Waals surface area contributed by atoms with Gasteiger partial charge in [-0.05, 0) is 25.0 Å². The summed E-state index contributed by atoms with van der Waals surface area (Å²) >= 11 is 0. The molecule has 3 rings (SSSR count). The van der Waals surface area contributed by atoms with Gasteiger partial charge in [0.1, 0.15) is 6.07 Å². The fourth-order valence-electron chi connectivity index (χ4n) is 2.30. The smallest absolute Gasteiger partial charge is 0.276 e. The van der Waals surface area contributed by atoms with Crippen molar-refractivity contribution in [2.24, 2.45) is 0 Å². The van der Waals surface area contributed by atoms with Gasteiger partial charge in [-0.15, -0.1) is 0 Å². The summed E-state index contributed by atoms with van der Waals surface area (Å²) in [4.78, 5) is 3.97. The van der Waals surface area contributed by atoms with Crippen molar-refractivity contribution in [3.05, 3.63) is 17.8 Å². The fraction of sp³-hybridized carbons (Fsp3) is 0.385. The lowest BCUT2D eigenvalue weighted by molar-refractivity contribution is 0.410. The maximum atomic E-state index is 12.4. The highest BCUT2D eigenvalue weighted by Crippen LogP contribution is 2.29. The Kier molecular flexibility index (Phi) is 3.64. The second kappa shape index (κ2) is 5.47. The molecule has 1 fully saturated rings. The van der Waals surface area contributed by atoms with Crippen LogP contribution in [0, 0.1) is 11.3 Å². The minimum Gasteiger partial charge on any atom is -0.438 e. The molecule has 0 bridgehead atoms. The van der Waals surface area contributed by atoms with E-state index in [1.165, 1.54) is 16.4 Å². The Labute approximate surface area is 127 Å². The van der Waals surface area contributed by atoms with E-state index in [2.05, 4.69) is 10.3 Å². The summed E-state index contributed by atoms with van der Waals surface area (Å²) in [6.45, 7) is 1.000. The van der Waals surface area contributed by atoms with Crippen molar-refractivity contribution in [1.82, 2.24) is 9.29 Å². The van der Waals surface area contributed by atoms with Gasteiger partial charge in [-0.3, -0.25) is 0 Å². The lowest BCUT2D eigenvalue weighted by Crippen LogP contribution is -2.27. The van der Waals surface area contributed by atoms with Crippen LogP contribution in [-0.2, 0) is 10.0 Å². The summed E-state index contributed by atoms with van der Waals surface area (Å²) < 4.78 is 36.9. The summed E-state index contributed by atoms with van der Waals surface area (Å²) in [5.41, 5.74) is 0.0813. The zero-order valence-electron chi connectivity index (χ0n) is 11.9. The number of rotatable bonds is 4. The lowest BCUT2D eigenvalue weighted by atomic mass is 10.4. The van der Waals surface area contributed by atoms with Crippen LogP contribution < -0.4 is 5.32 Å². The summed E-state index contributed by atoms with van der Waals surface area (Å²) in [5.74, 6) is 0.428. The van der Waals surface area contributed by atoms with E-state index in [9.17, 15) is 8.42 Å². The van der Waals surface area contributed by atoms with Crippen LogP contribution in [0.15, 0.2) is 26.1 Å². The number of nitriles is 1. The molecule has 8 nitrogen and oxygen atoms in total. The molecule has 0 spiro atoms. The van der Waals surface area contributed by atoms with Crippen LogP contribution in [0.5, 0.6) is 0 Å². The van der Waals surface area contributed by atoms with Crippen LogP contribution >= 0.6 is 0 Å². The van der Waals surface area contributed by atoms with Crippen LogP contribution in [0.3, 0.4) is 0 Å². The van der Waals surface area contributed by atoms with Gasteiger partial charge in [-0.1, -0.05) is 0 Å². The third-order valence-corrected chi connectivity index (χ3v) is 5.18. The summed E-state index contributed by atoms with van der Waals surface area (Å²) in [6.07, 6.45) is 1.70. The van der Waals surface area contributed by atoms with Crippen LogP contribution in [0.4, 0.5) is 5.88 Å². The third kappa shape index (κ3) is 2.36. The molecule has 1 saturated heterocycles. The maximum absolute atomic E-state index is 12.4. The van der Waals surface area contributed by atoms with Gasteiger partial charge in [0.15, 0.2) is 5.76 Å². The van der Waals surface area contributed by atoms with E-state index < -0.39 is 10.0 Å². The molecule has 116 valence electrons. The standard InChI is InChI=1S/C13H14N4O4S/c1-15-12-9(8-14)16-13(21-12)10-4-5-11(20-10)22(18,19)17-6-2-3-7-17/h4-5,15H,2-3,6-7H2,1H3. The summed E-state index contributed by atoms with van der Waals surface area (Å²) in [6, 6.07) is 4.72. The Morgan fingerprint density at radius 1 is 1.32 bits per heavy atom. The predicted molar refractivity (Wildman–Crippen MR) is 76.5 cm³/mol. The molecule has 1 aliphatic rings. The van der Waals surface area contributed by atoms with Crippen molar-refractivity contribution >= 4 is 15.9 Å². The van der Waals surface area contributed by atoms with Crippen LogP contribution in [-0.4, -0.2) is 37.8 Å². The van der Waals surface area contributed by atoms with Crippen molar-refractivity contribution in [1.29, 1.82) is 5.26 Å². The maximum Gasteiger partial charge on any atom is 0.276 e. The SMILES string of the molecule is CNc1oc(-c2ccc(S(=O)(=O)N3CCCC3)o2)nc1C#N. The largest absolute Gasteiger partial charge is 0.438 e. The number of nitrogens with one attached hydrogen (secondary N) is 1. The van der Waals surface area contributed by atoms with Crippen molar-refractivity contribution < 1.29 is 17.3 Å². The van der Waals surface area contributed by atoms with E-state index in [0.29, 0.717) is 13.1 Å². The minimum atomic E-state index is -3.62. The first kappa shape index (κ1) is 14.6. The molecular formula is C13H14N4O4S. The van der Waals surface area contributed by atoms with E-state index in [1.807, 2.05) is 6.07 Å². The molecule has 2 aromatic rings. The Morgan fingerprint density at radius 3 is 2.64 bits per heavy atom. The molecule has 0 aliphatic carbocycles. The molecule has 9 heteroatoms. The van der Waals surface area contributed by atoms with Crippen molar-refractivity contribution in [3.63, 3.8) is 0 Å². The Bertz CT molecular complexity index is 825. The quantitative estimate of drug-likeness (QED) is 0.910. The van der Waals surface area contributed by atoms with Gasteiger partial charge in [0.25, 0.3) is 15.9 Å². The van der Waals surface area contributed by atoms with Crippen LogP contribution in [0.1, 0.15) is 18.5 Å². The number of anilines is 1. The summed E-state index contributed by atoms with van der Waals surface area (Å²) in [5, 5.41) is 11.5. The number of hydrogen-bond acceptors (Lipinski definition) is 7. The zero-order valence-corrected chi connectivity index (χ0v) is 12.7. The fourth-order valence-corrected chi connectivity index (χ4v) is 3.73. The predicted octanol–water partition coefficient (Wildman–Crippen LogP) is 1.63. The first-order valence-electron chi connectivity index (χ1n) is 6.75. The van der Waals surface area contributed by atoms with E-state index in [1.54, 1.807) is 7.05 Å². The molecule has 1 N–H and O–H groups in total. The topological polar surface area (TPSA) is 112 Å². The molecule has 0 saturated carbocycles. The van der Waals surface area contributed by atoms with E-state index in [-0.39, 0.29) is 28.3 Å². The molecule has 2 aromatic heterocycles. The van der Waals surface area contributed by atoms with Gasteiger partial charge in [0.05, 0.1) is 0 Å². The molecular weight excluding hydrogens is 308 g/mol. The van der Waals surface area contributed by atoms with Gasteiger partial charge in [0.2, 0.25) is 16.7 Å². The number of oxazole rings is 1. The average molecular weight is 322 g/mol. The van der Waals surface area contributed by atoms with Crippen LogP contribution in [0.2, 0.25) is 0 Å². The van der Waals surface area contributed by atoms with Crippen molar-refractivity contribution in [3.8, 4) is 17.7 Å². The second-order valence-electron chi connectivity index (χ2n) is 4.79. The number of hydrogen-bond donors (Lipinski definition) is 1. The Balaban J connectivity index is 1.94. The van der Waals surface area contributed by atoms with E-state index in [0.717, 1.165) is 12.8 Å². The zero-order chi connectivity index (χ0) is 15.7. The lowest BCUT2D eigenvalue weighted by Gasteiger charge is -2.12. The van der Waals surface area contributed by atoms with Gasteiger partial charge in [0, 0.05) is 20.1 Å². The molecule has 0 unspecified atom stereocenters. The number of aromatic nitrogens is 1. The van der Waals surface area contributed by atoms with Gasteiger partial charge < -0.3 is 14.2 Å². The van der Waals surface area contributed by atoms with E-state index in [4.69, 9.17) is 14.1 Å². The highest BCUT2D eigenvalue weighted by Gasteiger charge is 2.30. The van der Waals surface area contributed by atoms with Crippen LogP contribution in [0.25, 0.3) is 11.7 Å². The molecule has 0 atom stereocenters. The Hall–Kier alpha value is -2.31. The number of furan rings is 1. The molecule has 22 heavy (non-hydrogen) atoms. The second-order valence-corrected chi connectivity index (χ2v) is 6.66. The molecule has 0 aromatic carbocycles. The van der Waals surface area contributed by atoms with Crippen molar-refractivity contribution in [2.75, 3.05) is 25.5 Å². The van der Waals surface area contributed by atoms with Crippen molar-refractivity contribution in [2.45, 2.75) is 17.9 Å². The monoisotopic (exact) mass is 322 g/mol. The summed E-state index contributed by atoms with van der Waals surface area (Å²) in [7, 11) is -2.03. The van der Waals surface area contributed by atoms with Gasteiger partial charge in [-0.25, -0.2) is 8.42 Å². The molecule has 0 amide bonds. The number of nitrogens with zero attached hydrogens (tertiary/aromatic N) is 3. The van der Waals surface area contributed by atoms with E-state index >= 15 is 0 Å². The molecule has 1 aliphatic heterocycles. The molecule has 3 heterocycles. The third-order valence-electron chi connectivity index (χ3n) is 3.41. The Morgan fingerprint density at radius 2 is 2.05 bits per heavy atom. The average Bonchev–Trinajstić information content (AvgIpc) is 3.24. The first-order chi connectivity index (χ1) is 10.6. The minimum absolute atomic E-state index is 0.0590. The highest BCUT2D eigenvalue weighted by molar-refractivity contribution is 7.89. The molecule has 0 radical (unpaired) electrons. The number of sulfonamides is 1. The normalized spacial score (nSPS) is 15.8. The van der Waals surface area contributed by atoms with Gasteiger partial charge >= 0.3 is 0 Å². The first-order valence-corrected chi connectivity index (χ1v) is 8.19. The highest BCUT2D eigenvalue weighted by atomic mass is 32.2. The van der Waals surface area contributed by atoms with Gasteiger partial charge in [-0.2, -0.15) is 14.6 Å².